The lowest BCUT2D eigenvalue weighted by Gasteiger charge is -2.29. The van der Waals surface area contributed by atoms with Gasteiger partial charge < -0.3 is 25.4 Å². The summed E-state index contributed by atoms with van der Waals surface area (Å²) in [4.78, 5) is 51.3. The zero-order valence-corrected chi connectivity index (χ0v) is 17.1. The predicted molar refractivity (Wildman–Crippen MR) is 107 cm³/mol. The fourth-order valence-electron chi connectivity index (χ4n) is 4.42. The maximum atomic E-state index is 13.1. The Morgan fingerprint density at radius 3 is 2.80 bits per heavy atom. The number of aliphatic hydroxyl groups excluding tert-OH is 1. The molecule has 30 heavy (non-hydrogen) atoms. The maximum Gasteiger partial charge on any atom is 0.332 e. The number of fused-ring (bicyclic) bond motifs is 2. The lowest BCUT2D eigenvalue weighted by atomic mass is 10.0. The average Bonchev–Trinajstić information content (AvgIpc) is 3.24. The number of amides is 3. The molecule has 0 spiro atoms. The van der Waals surface area contributed by atoms with Crippen molar-refractivity contribution in [2.45, 2.75) is 68.7 Å². The summed E-state index contributed by atoms with van der Waals surface area (Å²) in [5.41, 5.74) is -1.14. The molecule has 162 valence electrons. The Kier molecular flexibility index (Phi) is 6.85. The average molecular weight is 417 g/mol. The summed E-state index contributed by atoms with van der Waals surface area (Å²) < 4.78 is 4.91. The summed E-state index contributed by atoms with van der Waals surface area (Å²) in [6.45, 7) is -0.0254. The van der Waals surface area contributed by atoms with Gasteiger partial charge in [0, 0.05) is 18.9 Å². The fraction of sp³-hybridized carbons (Fsp3) is 0.700. The molecule has 2 aliphatic heterocycles. The Labute approximate surface area is 177 Å². The quantitative estimate of drug-likeness (QED) is 0.324. The van der Waals surface area contributed by atoms with Gasteiger partial charge in [0.25, 0.3) is 0 Å². The van der Waals surface area contributed by atoms with E-state index in [9.17, 15) is 24.3 Å². The van der Waals surface area contributed by atoms with Gasteiger partial charge in [0.05, 0.1) is 13.2 Å². The molecule has 0 unspecified atom stereocenters. The Balaban J connectivity index is 1.87. The molecule has 2 radical (unpaired) electrons. The normalized spacial score (nSPS) is 35.7. The first-order chi connectivity index (χ1) is 14.3. The van der Waals surface area contributed by atoms with E-state index >= 15 is 0 Å². The van der Waals surface area contributed by atoms with Crippen LogP contribution in [0, 0.1) is 5.92 Å². The molecule has 1 saturated heterocycles. The zero-order chi connectivity index (χ0) is 21.9. The highest BCUT2D eigenvalue weighted by molar-refractivity contribution is 6.57. The number of nitrogens with zero attached hydrogens (tertiary/aromatic N) is 1. The predicted octanol–water partition coefficient (Wildman–Crippen LogP) is -0.237. The van der Waals surface area contributed by atoms with Crippen molar-refractivity contribution in [3.63, 3.8) is 0 Å². The second-order valence-electron chi connectivity index (χ2n) is 8.29. The smallest absolute Gasteiger partial charge is 0.332 e. The third-order valence-corrected chi connectivity index (χ3v) is 6.12. The van der Waals surface area contributed by atoms with E-state index in [-0.39, 0.29) is 18.9 Å². The molecule has 2 fully saturated rings. The van der Waals surface area contributed by atoms with Crippen LogP contribution >= 0.6 is 0 Å². The molecule has 0 bridgehead atoms. The first-order valence-corrected chi connectivity index (χ1v) is 10.4. The van der Waals surface area contributed by atoms with E-state index in [2.05, 4.69) is 10.6 Å². The molecule has 5 atom stereocenters. The van der Waals surface area contributed by atoms with Crippen LogP contribution in [0.2, 0.25) is 0 Å². The molecule has 2 heterocycles. The Morgan fingerprint density at radius 1 is 1.33 bits per heavy atom. The van der Waals surface area contributed by atoms with Crippen LogP contribution in [0.1, 0.15) is 44.9 Å². The lowest BCUT2D eigenvalue weighted by Crippen LogP contribution is -2.56. The minimum absolute atomic E-state index is 0.0254. The van der Waals surface area contributed by atoms with E-state index in [1.165, 1.54) is 12.0 Å². The zero-order valence-electron chi connectivity index (χ0n) is 17.1. The Hall–Kier alpha value is -2.36. The Morgan fingerprint density at radius 2 is 2.10 bits per heavy atom. The van der Waals surface area contributed by atoms with Gasteiger partial charge in [0.15, 0.2) is 5.81 Å². The number of hydrogen-bond donors (Lipinski definition) is 3. The fourth-order valence-corrected chi connectivity index (χ4v) is 4.42. The van der Waals surface area contributed by atoms with E-state index in [1.54, 1.807) is 0 Å². The summed E-state index contributed by atoms with van der Waals surface area (Å²) >= 11 is 0. The van der Waals surface area contributed by atoms with Gasteiger partial charge in [0.2, 0.25) is 19.7 Å². The number of carbonyl (C=O) groups excluding carboxylic acids is 4. The van der Waals surface area contributed by atoms with Crippen LogP contribution in [0.3, 0.4) is 0 Å². The van der Waals surface area contributed by atoms with Crippen molar-refractivity contribution in [1.82, 2.24) is 15.5 Å². The largest absolute Gasteiger partial charge is 0.467 e. The number of nitrogens with one attached hydrogen (secondary N) is 2. The molecule has 0 aromatic carbocycles. The minimum Gasteiger partial charge on any atom is -0.467 e. The first kappa shape index (κ1) is 22.3. The number of carbonyl (C=O) groups is 4. The molecule has 1 saturated carbocycles. The van der Waals surface area contributed by atoms with Crippen molar-refractivity contribution in [2.24, 2.45) is 5.92 Å². The topological polar surface area (TPSA) is 125 Å². The Bertz CT molecular complexity index is 744. The number of allylic oxidation sites excluding steroid dienone is 1. The van der Waals surface area contributed by atoms with Crippen LogP contribution < -0.4 is 10.6 Å². The molecule has 3 rings (SSSR count). The third-order valence-electron chi connectivity index (χ3n) is 6.12. The summed E-state index contributed by atoms with van der Waals surface area (Å²) in [6.07, 6.45) is 7.18. The van der Waals surface area contributed by atoms with E-state index < -0.39 is 47.3 Å². The van der Waals surface area contributed by atoms with Crippen LogP contribution in [0.4, 0.5) is 4.79 Å². The number of aliphatic hydroxyl groups is 1. The van der Waals surface area contributed by atoms with E-state index in [0.717, 1.165) is 19.3 Å². The standard InChI is InChI=1S/C20H28BN3O6/c1-30-18(28)20-10-12(20)7-5-3-2-4-6-8-14(22-19(21)29)17(27)24-11-13(25)9-15(24)16(26)23-20/h5,7,12-15,25H,2-4,6,8-11H2,1H3,(H,22,29)(H,23,26)/b7-5-/t12-,13-,14-,15-,20+/m0/s1. The molecule has 9 nitrogen and oxygen atoms in total. The molecule has 3 amide bonds. The van der Waals surface area contributed by atoms with Gasteiger partial charge in [0.1, 0.15) is 17.6 Å². The summed E-state index contributed by atoms with van der Waals surface area (Å²) in [7, 11) is 6.51. The van der Waals surface area contributed by atoms with Gasteiger partial charge in [-0.1, -0.05) is 25.0 Å². The third kappa shape index (κ3) is 4.69. The van der Waals surface area contributed by atoms with Crippen molar-refractivity contribution in [3.05, 3.63) is 12.2 Å². The van der Waals surface area contributed by atoms with Gasteiger partial charge in [-0.15, -0.1) is 0 Å². The van der Waals surface area contributed by atoms with Crippen LogP contribution in [0.25, 0.3) is 0 Å². The summed E-state index contributed by atoms with van der Waals surface area (Å²) in [6, 6.07) is -1.81. The van der Waals surface area contributed by atoms with Gasteiger partial charge >= 0.3 is 5.97 Å². The molecule has 0 aromatic rings. The van der Waals surface area contributed by atoms with Crippen molar-refractivity contribution in [1.29, 1.82) is 0 Å². The van der Waals surface area contributed by atoms with Gasteiger partial charge in [-0.3, -0.25) is 14.4 Å². The van der Waals surface area contributed by atoms with Crippen LogP contribution in [-0.2, 0) is 19.1 Å². The number of esters is 1. The van der Waals surface area contributed by atoms with Crippen molar-refractivity contribution >= 4 is 31.4 Å². The van der Waals surface area contributed by atoms with Crippen molar-refractivity contribution in [2.75, 3.05) is 13.7 Å². The van der Waals surface area contributed by atoms with Crippen LogP contribution in [0.5, 0.6) is 0 Å². The number of ether oxygens (including phenoxy) is 1. The molecule has 0 aromatic heterocycles. The van der Waals surface area contributed by atoms with E-state index in [0.29, 0.717) is 19.3 Å². The number of rotatable bonds is 2. The first-order valence-electron chi connectivity index (χ1n) is 10.4. The molecular weight excluding hydrogens is 389 g/mol. The molecule has 1 aliphatic carbocycles. The van der Waals surface area contributed by atoms with Crippen LogP contribution in [-0.4, -0.2) is 78.8 Å². The van der Waals surface area contributed by atoms with E-state index in [1.807, 2.05) is 12.2 Å². The SMILES string of the molecule is [B]C(=O)N[C@H]1CCCCC/C=C\[C@H]2C[C@@]2(C(=O)OC)NC(=O)[C@@H]2C[C@H](O)CN2C1=O. The van der Waals surface area contributed by atoms with Crippen molar-refractivity contribution in [3.8, 4) is 0 Å². The van der Waals surface area contributed by atoms with Gasteiger partial charge in [-0.2, -0.15) is 0 Å². The molecule has 3 N–H and O–H groups in total. The second-order valence-corrected chi connectivity index (χ2v) is 8.29. The van der Waals surface area contributed by atoms with Gasteiger partial charge in [-0.05, 0) is 25.7 Å². The summed E-state index contributed by atoms with van der Waals surface area (Å²) in [5.74, 6) is -2.49. The molecule has 10 heteroatoms. The highest BCUT2D eigenvalue weighted by atomic mass is 16.5. The molecule has 3 aliphatic rings. The lowest BCUT2D eigenvalue weighted by molar-refractivity contribution is -0.148. The minimum atomic E-state index is -1.14. The highest BCUT2D eigenvalue weighted by Gasteiger charge is 2.62. The number of methoxy groups -OCH3 is 1. The maximum absolute atomic E-state index is 13.1. The van der Waals surface area contributed by atoms with E-state index in [4.69, 9.17) is 12.6 Å². The van der Waals surface area contributed by atoms with Crippen molar-refractivity contribution < 1.29 is 29.0 Å². The number of hydrogen-bond acceptors (Lipinski definition) is 6. The highest BCUT2D eigenvalue weighted by Crippen LogP contribution is 2.46. The monoisotopic (exact) mass is 417 g/mol. The summed E-state index contributed by atoms with van der Waals surface area (Å²) in [5, 5.41) is 15.4. The molecular formula is C20H28BN3O6. The second kappa shape index (κ2) is 9.20. The van der Waals surface area contributed by atoms with Crippen LogP contribution in [0.15, 0.2) is 12.2 Å². The van der Waals surface area contributed by atoms with Gasteiger partial charge in [-0.25, -0.2) is 4.79 Å².